The van der Waals surface area contributed by atoms with Crippen LogP contribution in [0.5, 0.6) is 5.75 Å². The summed E-state index contributed by atoms with van der Waals surface area (Å²) in [5.41, 5.74) is 0.742. The number of phenolic OH excluding ortho intramolecular Hbond substituents is 1. The summed E-state index contributed by atoms with van der Waals surface area (Å²) >= 11 is 5.85. The summed E-state index contributed by atoms with van der Waals surface area (Å²) in [4.78, 5) is 16.5. The number of rotatable bonds is 3. The third-order valence-electron chi connectivity index (χ3n) is 3.09. The lowest BCUT2D eigenvalue weighted by Gasteiger charge is -2.12. The van der Waals surface area contributed by atoms with Crippen molar-refractivity contribution < 1.29 is 14.3 Å². The van der Waals surface area contributed by atoms with Gasteiger partial charge in [-0.1, -0.05) is 32.4 Å². The van der Waals surface area contributed by atoms with Gasteiger partial charge in [0.15, 0.2) is 5.89 Å². The molecule has 2 aromatic rings. The van der Waals surface area contributed by atoms with Crippen LogP contribution < -0.4 is 5.32 Å². The van der Waals surface area contributed by atoms with E-state index in [1.165, 1.54) is 12.1 Å². The number of anilines is 1. The average molecular weight is 323 g/mol. The molecule has 1 aromatic carbocycles. The lowest BCUT2D eigenvalue weighted by molar-refractivity contribution is -0.115. The van der Waals surface area contributed by atoms with Crippen LogP contribution in [0.4, 0.5) is 5.69 Å². The first-order valence-electron chi connectivity index (χ1n) is 6.92. The molecule has 2 N–H and O–H groups in total. The van der Waals surface area contributed by atoms with Crippen molar-refractivity contribution in [3.63, 3.8) is 0 Å². The van der Waals surface area contributed by atoms with Crippen LogP contribution >= 0.6 is 11.6 Å². The van der Waals surface area contributed by atoms with Crippen LogP contribution in [-0.4, -0.2) is 16.0 Å². The van der Waals surface area contributed by atoms with Crippen molar-refractivity contribution in [2.45, 2.75) is 39.5 Å². The highest BCUT2D eigenvalue weighted by Gasteiger charge is 2.23. The number of aryl methyl sites for hydroxylation is 1. The van der Waals surface area contributed by atoms with Crippen molar-refractivity contribution in [2.24, 2.45) is 0 Å². The number of aromatic nitrogens is 1. The molecule has 2 rings (SSSR count). The lowest BCUT2D eigenvalue weighted by Crippen LogP contribution is -2.14. The van der Waals surface area contributed by atoms with Gasteiger partial charge in [-0.3, -0.25) is 4.79 Å². The van der Waals surface area contributed by atoms with E-state index in [1.807, 2.05) is 20.8 Å². The summed E-state index contributed by atoms with van der Waals surface area (Å²) in [7, 11) is 0. The molecular formula is C16H19ClN2O3. The van der Waals surface area contributed by atoms with Gasteiger partial charge < -0.3 is 14.8 Å². The third kappa shape index (κ3) is 3.80. The topological polar surface area (TPSA) is 75.4 Å². The first-order chi connectivity index (χ1) is 10.2. The number of hydrogen-bond donors (Lipinski definition) is 2. The van der Waals surface area contributed by atoms with Gasteiger partial charge in [-0.15, -0.1) is 0 Å². The van der Waals surface area contributed by atoms with E-state index < -0.39 is 0 Å². The highest BCUT2D eigenvalue weighted by atomic mass is 35.5. The van der Waals surface area contributed by atoms with Gasteiger partial charge in [-0.2, -0.15) is 0 Å². The molecule has 0 atom stereocenters. The van der Waals surface area contributed by atoms with Gasteiger partial charge in [0.25, 0.3) is 0 Å². The summed E-state index contributed by atoms with van der Waals surface area (Å²) in [6.45, 7) is 7.78. The number of carbonyl (C=O) groups excluding carboxylic acids is 1. The normalized spacial score (nSPS) is 11.5. The molecule has 1 amide bonds. The number of hydrogen-bond acceptors (Lipinski definition) is 4. The van der Waals surface area contributed by atoms with Gasteiger partial charge in [-0.25, -0.2) is 4.98 Å². The monoisotopic (exact) mass is 322 g/mol. The van der Waals surface area contributed by atoms with Gasteiger partial charge in [0.05, 0.1) is 17.8 Å². The van der Waals surface area contributed by atoms with E-state index in [4.69, 9.17) is 16.0 Å². The molecule has 1 heterocycles. The number of aromatic hydroxyl groups is 1. The Bertz CT molecular complexity index is 702. The second-order valence-corrected chi connectivity index (χ2v) is 6.60. The predicted octanol–water partition coefficient (Wildman–Crippen LogP) is 3.82. The minimum atomic E-state index is -0.308. The highest BCUT2D eigenvalue weighted by molar-refractivity contribution is 6.31. The fourth-order valence-electron chi connectivity index (χ4n) is 1.86. The maximum atomic E-state index is 12.1. The van der Waals surface area contributed by atoms with Crippen LogP contribution in [0.3, 0.4) is 0 Å². The zero-order chi connectivity index (χ0) is 16.5. The summed E-state index contributed by atoms with van der Waals surface area (Å²) in [6.07, 6.45) is 0.0425. The number of phenols is 1. The number of benzene rings is 1. The number of halogens is 1. The Hall–Kier alpha value is -2.01. The molecule has 0 aliphatic carbocycles. The van der Waals surface area contributed by atoms with Crippen molar-refractivity contribution in [1.82, 2.24) is 4.98 Å². The molecule has 0 radical (unpaired) electrons. The van der Waals surface area contributed by atoms with Gasteiger partial charge in [0, 0.05) is 10.4 Å². The number of nitrogens with zero attached hydrogens (tertiary/aromatic N) is 1. The average Bonchev–Trinajstić information content (AvgIpc) is 2.75. The Morgan fingerprint density at radius 3 is 2.68 bits per heavy atom. The first-order valence-corrected chi connectivity index (χ1v) is 7.30. The summed E-state index contributed by atoms with van der Waals surface area (Å²) in [6, 6.07) is 4.46. The van der Waals surface area contributed by atoms with Crippen molar-refractivity contribution in [3.05, 3.63) is 40.6 Å². The van der Waals surface area contributed by atoms with Gasteiger partial charge >= 0.3 is 0 Å². The second-order valence-electron chi connectivity index (χ2n) is 6.16. The number of carbonyl (C=O) groups is 1. The maximum absolute atomic E-state index is 12.1. The molecule has 0 aliphatic heterocycles. The van der Waals surface area contributed by atoms with Gasteiger partial charge in [-0.05, 0) is 25.1 Å². The maximum Gasteiger partial charge on any atom is 0.232 e. The zero-order valence-electron chi connectivity index (χ0n) is 13.0. The standard InChI is InChI=1S/C16H19ClN2O3/c1-9-13(22-15(18-9)16(2,3)4)8-14(21)19-11-7-10(17)5-6-12(11)20/h5-7,20H,8H2,1-4H3,(H,19,21). The molecule has 1 aromatic heterocycles. The van der Waals surface area contributed by atoms with E-state index in [1.54, 1.807) is 13.0 Å². The van der Waals surface area contributed by atoms with Crippen LogP contribution in [0.25, 0.3) is 0 Å². The Kier molecular flexibility index (Phi) is 4.47. The Morgan fingerprint density at radius 1 is 1.41 bits per heavy atom. The second kappa shape index (κ2) is 6.01. The van der Waals surface area contributed by atoms with Crippen LogP contribution in [0.2, 0.25) is 5.02 Å². The molecule has 0 fully saturated rings. The molecule has 0 saturated carbocycles. The first kappa shape index (κ1) is 16.4. The van der Waals surface area contributed by atoms with E-state index in [0.29, 0.717) is 22.4 Å². The highest BCUT2D eigenvalue weighted by Crippen LogP contribution is 2.27. The fraction of sp³-hybridized carbons (Fsp3) is 0.375. The van der Waals surface area contributed by atoms with Gasteiger partial charge in [0.2, 0.25) is 5.91 Å². The minimum Gasteiger partial charge on any atom is -0.506 e. The van der Waals surface area contributed by atoms with Crippen molar-refractivity contribution >= 4 is 23.2 Å². The smallest absolute Gasteiger partial charge is 0.232 e. The van der Waals surface area contributed by atoms with Gasteiger partial charge in [0.1, 0.15) is 11.5 Å². The quantitative estimate of drug-likeness (QED) is 0.842. The van der Waals surface area contributed by atoms with Crippen molar-refractivity contribution in [2.75, 3.05) is 5.32 Å². The van der Waals surface area contributed by atoms with E-state index in [0.717, 1.165) is 0 Å². The molecular weight excluding hydrogens is 304 g/mol. The van der Waals surface area contributed by atoms with Crippen molar-refractivity contribution in [1.29, 1.82) is 0 Å². The van der Waals surface area contributed by atoms with E-state index in [9.17, 15) is 9.90 Å². The van der Waals surface area contributed by atoms with Crippen LogP contribution in [0.1, 0.15) is 38.1 Å². The molecule has 22 heavy (non-hydrogen) atoms. The summed E-state index contributed by atoms with van der Waals surface area (Å²) in [5.74, 6) is 0.766. The molecule has 5 nitrogen and oxygen atoms in total. The molecule has 6 heteroatoms. The minimum absolute atomic E-state index is 0.0394. The number of amides is 1. The molecule has 0 spiro atoms. The van der Waals surface area contributed by atoms with Crippen LogP contribution in [0, 0.1) is 6.92 Å². The summed E-state index contributed by atoms with van der Waals surface area (Å²) < 4.78 is 5.68. The molecule has 0 bridgehead atoms. The molecule has 118 valence electrons. The Balaban J connectivity index is 2.13. The zero-order valence-corrected chi connectivity index (χ0v) is 13.8. The van der Waals surface area contributed by atoms with Crippen molar-refractivity contribution in [3.8, 4) is 5.75 Å². The van der Waals surface area contributed by atoms with E-state index >= 15 is 0 Å². The lowest BCUT2D eigenvalue weighted by atomic mass is 9.97. The molecule has 0 aliphatic rings. The third-order valence-corrected chi connectivity index (χ3v) is 3.32. The van der Waals surface area contributed by atoms with Crippen LogP contribution in [0.15, 0.2) is 22.6 Å². The predicted molar refractivity (Wildman–Crippen MR) is 85.4 cm³/mol. The summed E-state index contributed by atoms with van der Waals surface area (Å²) in [5, 5.41) is 12.7. The number of nitrogens with one attached hydrogen (secondary N) is 1. The number of oxazole rings is 1. The fourth-order valence-corrected chi connectivity index (χ4v) is 2.03. The van der Waals surface area contributed by atoms with Crippen LogP contribution in [-0.2, 0) is 16.6 Å². The Morgan fingerprint density at radius 2 is 2.09 bits per heavy atom. The van der Waals surface area contributed by atoms with E-state index in [-0.39, 0.29) is 29.2 Å². The Labute approximate surface area is 134 Å². The van der Waals surface area contributed by atoms with E-state index in [2.05, 4.69) is 10.3 Å². The molecule has 0 saturated heterocycles. The SMILES string of the molecule is Cc1nc(C(C)(C)C)oc1CC(=O)Nc1cc(Cl)ccc1O. The largest absolute Gasteiger partial charge is 0.506 e. The molecule has 0 unspecified atom stereocenters.